The minimum Gasteiger partial charge on any atom is -0.357 e. The Labute approximate surface area is 263 Å². The highest BCUT2D eigenvalue weighted by Gasteiger charge is 2.34. The van der Waals surface area contributed by atoms with Crippen molar-refractivity contribution in [2.24, 2.45) is 0 Å². The first-order valence-electron chi connectivity index (χ1n) is 13.6. The van der Waals surface area contributed by atoms with Crippen LogP contribution >= 0.6 is 23.2 Å². The summed E-state index contributed by atoms with van der Waals surface area (Å²) in [6.45, 7) is 3.29. The van der Waals surface area contributed by atoms with Crippen LogP contribution in [0.25, 0.3) is 0 Å². The molecule has 0 aromatic heterocycles. The number of sulfonamides is 1. The molecule has 224 valence electrons. The van der Waals surface area contributed by atoms with Gasteiger partial charge in [0.05, 0.1) is 20.6 Å². The van der Waals surface area contributed by atoms with E-state index >= 15 is 0 Å². The SMILES string of the molecule is CNC(=O)C(Cc1ccccc1)N(Cc1ccccc1C)C(=O)CN(c1ccc(Cl)c(Cl)c1)S(=O)(=O)c1ccc(C)cc1. The molecule has 0 aliphatic heterocycles. The standard InChI is InChI=1S/C33H33Cl2N3O4S/c1-23-13-16-28(17-14-23)43(41,42)38(27-15-18-29(34)30(35)20-27)22-32(39)37(21-26-12-8-7-9-24(26)2)31(33(40)36-3)19-25-10-5-4-6-11-25/h4-18,20,31H,19,21-22H2,1-3H3,(H,36,40). The maximum absolute atomic E-state index is 14.4. The lowest BCUT2D eigenvalue weighted by molar-refractivity contribution is -0.139. The van der Waals surface area contributed by atoms with Crippen LogP contribution in [0.5, 0.6) is 0 Å². The van der Waals surface area contributed by atoms with E-state index in [4.69, 9.17) is 23.2 Å². The van der Waals surface area contributed by atoms with Crippen molar-refractivity contribution in [3.63, 3.8) is 0 Å². The number of nitrogens with one attached hydrogen (secondary N) is 1. The Bertz CT molecular complexity index is 1700. The number of carbonyl (C=O) groups excluding carboxylic acids is 2. The van der Waals surface area contributed by atoms with Gasteiger partial charge >= 0.3 is 0 Å². The number of hydrogen-bond donors (Lipinski definition) is 1. The van der Waals surface area contributed by atoms with Gasteiger partial charge in [-0.2, -0.15) is 0 Å². The van der Waals surface area contributed by atoms with Gasteiger partial charge in [0, 0.05) is 20.0 Å². The Hall–Kier alpha value is -3.85. The summed E-state index contributed by atoms with van der Waals surface area (Å²) in [5.41, 5.74) is 3.67. The number of rotatable bonds is 11. The van der Waals surface area contributed by atoms with Crippen molar-refractivity contribution < 1.29 is 18.0 Å². The van der Waals surface area contributed by atoms with Crippen molar-refractivity contribution in [2.45, 2.75) is 37.8 Å². The van der Waals surface area contributed by atoms with Crippen LogP contribution < -0.4 is 9.62 Å². The Morgan fingerprint density at radius 3 is 2.12 bits per heavy atom. The first-order valence-corrected chi connectivity index (χ1v) is 15.8. The third-order valence-corrected chi connectivity index (χ3v) is 9.73. The maximum Gasteiger partial charge on any atom is 0.264 e. The fourth-order valence-electron chi connectivity index (χ4n) is 4.70. The Kier molecular flexibility index (Phi) is 10.5. The molecule has 0 bridgehead atoms. The van der Waals surface area contributed by atoms with E-state index in [2.05, 4.69) is 5.32 Å². The molecule has 0 heterocycles. The topological polar surface area (TPSA) is 86.8 Å². The molecule has 43 heavy (non-hydrogen) atoms. The van der Waals surface area contributed by atoms with Crippen LogP contribution in [0.2, 0.25) is 10.0 Å². The molecule has 7 nitrogen and oxygen atoms in total. The fourth-order valence-corrected chi connectivity index (χ4v) is 6.40. The fraction of sp³-hybridized carbons (Fsp3) is 0.212. The van der Waals surface area contributed by atoms with Crippen LogP contribution in [0, 0.1) is 13.8 Å². The van der Waals surface area contributed by atoms with E-state index in [-0.39, 0.29) is 39.5 Å². The molecule has 4 aromatic carbocycles. The predicted molar refractivity (Wildman–Crippen MR) is 172 cm³/mol. The van der Waals surface area contributed by atoms with Gasteiger partial charge in [0.2, 0.25) is 11.8 Å². The van der Waals surface area contributed by atoms with E-state index in [9.17, 15) is 18.0 Å². The molecule has 0 saturated carbocycles. The molecule has 1 atom stereocenters. The smallest absolute Gasteiger partial charge is 0.264 e. The van der Waals surface area contributed by atoms with Gasteiger partial charge < -0.3 is 10.2 Å². The minimum absolute atomic E-state index is 0.00885. The van der Waals surface area contributed by atoms with Crippen LogP contribution in [-0.2, 0) is 32.6 Å². The van der Waals surface area contributed by atoms with Gasteiger partial charge in [-0.25, -0.2) is 8.42 Å². The highest BCUT2D eigenvalue weighted by atomic mass is 35.5. The summed E-state index contributed by atoms with van der Waals surface area (Å²) in [7, 11) is -2.72. The first-order chi connectivity index (χ1) is 20.5. The van der Waals surface area contributed by atoms with Crippen LogP contribution in [0.3, 0.4) is 0 Å². The Balaban J connectivity index is 1.81. The van der Waals surface area contributed by atoms with Crippen LogP contribution in [-0.4, -0.2) is 44.8 Å². The zero-order valence-corrected chi connectivity index (χ0v) is 26.5. The molecular formula is C33H33Cl2N3O4S. The van der Waals surface area contributed by atoms with E-state index in [1.54, 1.807) is 12.1 Å². The largest absolute Gasteiger partial charge is 0.357 e. The van der Waals surface area contributed by atoms with Crippen molar-refractivity contribution in [3.8, 4) is 0 Å². The molecule has 1 N–H and O–H groups in total. The lowest BCUT2D eigenvalue weighted by atomic mass is 10.0. The van der Waals surface area contributed by atoms with Gasteiger partial charge in [-0.15, -0.1) is 0 Å². The van der Waals surface area contributed by atoms with Crippen molar-refractivity contribution in [3.05, 3.63) is 129 Å². The summed E-state index contributed by atoms with van der Waals surface area (Å²) in [4.78, 5) is 29.2. The molecule has 10 heteroatoms. The highest BCUT2D eigenvalue weighted by molar-refractivity contribution is 7.92. The van der Waals surface area contributed by atoms with E-state index in [0.717, 1.165) is 26.6 Å². The quantitative estimate of drug-likeness (QED) is 0.212. The predicted octanol–water partition coefficient (Wildman–Crippen LogP) is 6.19. The second-order valence-electron chi connectivity index (χ2n) is 10.2. The van der Waals surface area contributed by atoms with Crippen LogP contribution in [0.15, 0.2) is 102 Å². The Morgan fingerprint density at radius 2 is 1.49 bits per heavy atom. The van der Waals surface area contributed by atoms with Crippen molar-refractivity contribution in [1.29, 1.82) is 0 Å². The maximum atomic E-state index is 14.4. The van der Waals surface area contributed by atoms with Crippen molar-refractivity contribution >= 4 is 50.7 Å². The van der Waals surface area contributed by atoms with Gasteiger partial charge in [-0.1, -0.05) is 95.5 Å². The normalized spacial score (nSPS) is 11.9. The molecule has 2 amide bonds. The molecule has 0 radical (unpaired) electrons. The monoisotopic (exact) mass is 637 g/mol. The molecule has 4 aromatic rings. The Morgan fingerprint density at radius 1 is 0.837 bits per heavy atom. The summed E-state index contributed by atoms with van der Waals surface area (Å²) in [6, 6.07) is 26.8. The van der Waals surface area contributed by atoms with Crippen molar-refractivity contribution in [2.75, 3.05) is 17.9 Å². The van der Waals surface area contributed by atoms with Gasteiger partial charge in [0.1, 0.15) is 12.6 Å². The molecule has 0 fully saturated rings. The highest BCUT2D eigenvalue weighted by Crippen LogP contribution is 2.31. The summed E-state index contributed by atoms with van der Waals surface area (Å²) >= 11 is 12.4. The second-order valence-corrected chi connectivity index (χ2v) is 12.9. The van der Waals surface area contributed by atoms with Gasteiger partial charge in [-0.05, 0) is 60.9 Å². The molecular weight excluding hydrogens is 605 g/mol. The molecule has 1 unspecified atom stereocenters. The number of likely N-dealkylation sites (N-methyl/N-ethyl adjacent to an activating group) is 1. The zero-order chi connectivity index (χ0) is 31.1. The number of amides is 2. The number of nitrogens with zero attached hydrogens (tertiary/aromatic N) is 2. The molecule has 4 rings (SSSR count). The molecule has 0 aliphatic rings. The minimum atomic E-state index is -4.24. The zero-order valence-electron chi connectivity index (χ0n) is 24.1. The lowest BCUT2D eigenvalue weighted by Crippen LogP contribution is -2.53. The molecule has 0 spiro atoms. The number of carbonyl (C=O) groups is 2. The number of benzene rings is 4. The first kappa shape index (κ1) is 32.1. The summed E-state index contributed by atoms with van der Waals surface area (Å²) in [5, 5.41) is 3.07. The van der Waals surface area contributed by atoms with E-state index in [1.807, 2.05) is 68.4 Å². The van der Waals surface area contributed by atoms with Gasteiger partial charge in [0.25, 0.3) is 10.0 Å². The van der Waals surface area contributed by atoms with Crippen LogP contribution in [0.1, 0.15) is 22.3 Å². The summed E-state index contributed by atoms with van der Waals surface area (Å²) in [6.07, 6.45) is 0.232. The summed E-state index contributed by atoms with van der Waals surface area (Å²) in [5.74, 6) is -0.928. The molecule has 0 saturated heterocycles. The summed E-state index contributed by atoms with van der Waals surface area (Å²) < 4.78 is 29.1. The van der Waals surface area contributed by atoms with Gasteiger partial charge in [-0.3, -0.25) is 13.9 Å². The number of aryl methyl sites for hydroxylation is 2. The van der Waals surface area contributed by atoms with E-state index < -0.39 is 28.5 Å². The lowest BCUT2D eigenvalue weighted by Gasteiger charge is -2.34. The average Bonchev–Trinajstić information content (AvgIpc) is 3.00. The van der Waals surface area contributed by atoms with E-state index in [0.29, 0.717) is 0 Å². The third kappa shape index (κ3) is 7.76. The second kappa shape index (κ2) is 14.1. The van der Waals surface area contributed by atoms with Crippen LogP contribution in [0.4, 0.5) is 5.69 Å². The van der Waals surface area contributed by atoms with Crippen molar-refractivity contribution in [1.82, 2.24) is 10.2 Å². The van der Waals surface area contributed by atoms with E-state index in [1.165, 1.54) is 42.3 Å². The third-order valence-electron chi connectivity index (χ3n) is 7.20. The number of hydrogen-bond acceptors (Lipinski definition) is 4. The number of halogens is 2. The average molecular weight is 639 g/mol. The number of anilines is 1. The van der Waals surface area contributed by atoms with Gasteiger partial charge in [0.15, 0.2) is 0 Å². The molecule has 0 aliphatic carbocycles.